The molecule has 2 fully saturated rings. The summed E-state index contributed by atoms with van der Waals surface area (Å²) in [7, 11) is 1.56. The molecule has 0 spiro atoms. The number of nitrogens with one attached hydrogen (secondary N) is 2. The molecule has 3 amide bonds. The molecule has 2 N–H and O–H groups in total. The maximum Gasteiger partial charge on any atom is 0.319 e. The summed E-state index contributed by atoms with van der Waals surface area (Å²) in [6, 6.07) is 5.38. The minimum absolute atomic E-state index is 0.0432. The summed E-state index contributed by atoms with van der Waals surface area (Å²) in [5, 5.41) is 5.57. The molecule has 1 aromatic carbocycles. The Morgan fingerprint density at radius 1 is 1.15 bits per heavy atom. The van der Waals surface area contributed by atoms with Crippen LogP contribution in [-0.2, 0) is 0 Å². The highest BCUT2D eigenvalue weighted by atomic mass is 16.5. The smallest absolute Gasteiger partial charge is 0.319 e. The van der Waals surface area contributed by atoms with E-state index in [1.54, 1.807) is 25.3 Å². The van der Waals surface area contributed by atoms with Gasteiger partial charge in [-0.25, -0.2) is 4.79 Å². The fourth-order valence-electron chi connectivity index (χ4n) is 4.41. The van der Waals surface area contributed by atoms with E-state index in [2.05, 4.69) is 15.5 Å². The zero-order valence-electron chi connectivity index (χ0n) is 16.6. The van der Waals surface area contributed by atoms with Crippen LogP contribution in [0.3, 0.4) is 0 Å². The summed E-state index contributed by atoms with van der Waals surface area (Å²) in [5.74, 6) is 1.19. The molecule has 0 unspecified atom stereocenters. The molecule has 2 atom stereocenters. The summed E-state index contributed by atoms with van der Waals surface area (Å²) >= 11 is 0. The Bertz CT molecular complexity index is 687. The Hall–Kier alpha value is -2.24. The van der Waals surface area contributed by atoms with Crippen molar-refractivity contribution in [1.29, 1.82) is 0 Å². The predicted molar refractivity (Wildman–Crippen MR) is 106 cm³/mol. The van der Waals surface area contributed by atoms with Gasteiger partial charge in [-0.1, -0.05) is 12.8 Å². The van der Waals surface area contributed by atoms with E-state index in [1.807, 2.05) is 13.8 Å². The van der Waals surface area contributed by atoms with Gasteiger partial charge < -0.3 is 20.3 Å². The molecule has 6 heteroatoms. The molecule has 1 aliphatic carbocycles. The van der Waals surface area contributed by atoms with Gasteiger partial charge in [0.2, 0.25) is 0 Å². The largest absolute Gasteiger partial charge is 0.496 e. The molecule has 148 valence electrons. The number of ether oxygens (including phenoxy) is 1. The van der Waals surface area contributed by atoms with Crippen LogP contribution in [0.4, 0.5) is 10.5 Å². The monoisotopic (exact) mass is 373 g/mol. The number of amides is 3. The molecule has 1 aromatic rings. The summed E-state index contributed by atoms with van der Waals surface area (Å²) in [5.41, 5.74) is 1.18. The van der Waals surface area contributed by atoms with Crippen LogP contribution in [0.15, 0.2) is 18.2 Å². The van der Waals surface area contributed by atoms with Gasteiger partial charge in [0, 0.05) is 30.4 Å². The highest BCUT2D eigenvalue weighted by Crippen LogP contribution is 2.37. The Morgan fingerprint density at radius 3 is 2.63 bits per heavy atom. The Kier molecular flexibility index (Phi) is 6.24. The van der Waals surface area contributed by atoms with Crippen LogP contribution in [0.1, 0.15) is 62.7 Å². The molecular formula is C21H31N3O3. The van der Waals surface area contributed by atoms with Crippen molar-refractivity contribution in [3.8, 4) is 5.75 Å². The van der Waals surface area contributed by atoms with Crippen molar-refractivity contribution < 1.29 is 14.3 Å². The molecule has 0 aromatic heterocycles. The van der Waals surface area contributed by atoms with Crippen LogP contribution in [-0.4, -0.2) is 42.6 Å². The van der Waals surface area contributed by atoms with Crippen molar-refractivity contribution in [2.75, 3.05) is 19.0 Å². The number of anilines is 1. The van der Waals surface area contributed by atoms with Crippen molar-refractivity contribution in [2.45, 2.75) is 64.5 Å². The lowest BCUT2D eigenvalue weighted by molar-refractivity contribution is 0.0388. The Labute approximate surface area is 161 Å². The number of fused-ring (bicyclic) bond motifs is 1. The van der Waals surface area contributed by atoms with E-state index in [0.717, 1.165) is 19.4 Å². The maximum absolute atomic E-state index is 13.3. The van der Waals surface area contributed by atoms with Gasteiger partial charge in [-0.2, -0.15) is 0 Å². The molecular weight excluding hydrogens is 342 g/mol. The number of urea groups is 1. The second-order valence-electron chi connectivity index (χ2n) is 7.92. The molecule has 3 rings (SSSR count). The molecule has 2 aliphatic rings. The van der Waals surface area contributed by atoms with Gasteiger partial charge in [-0.3, -0.25) is 4.79 Å². The number of piperidine rings is 1. The number of benzene rings is 1. The van der Waals surface area contributed by atoms with Crippen LogP contribution in [0.5, 0.6) is 5.75 Å². The van der Waals surface area contributed by atoms with Gasteiger partial charge in [-0.05, 0) is 57.6 Å². The van der Waals surface area contributed by atoms with E-state index in [9.17, 15) is 9.59 Å². The first-order chi connectivity index (χ1) is 13.0. The van der Waals surface area contributed by atoms with Gasteiger partial charge in [0.05, 0.1) is 12.7 Å². The first-order valence-electron chi connectivity index (χ1n) is 10.1. The third-order valence-electron chi connectivity index (χ3n) is 5.61. The normalized spacial score (nSPS) is 22.1. The molecule has 0 radical (unpaired) electrons. The molecule has 0 bridgehead atoms. The van der Waals surface area contributed by atoms with Gasteiger partial charge in [0.25, 0.3) is 5.91 Å². The molecule has 1 aliphatic heterocycles. The second kappa shape index (κ2) is 8.63. The summed E-state index contributed by atoms with van der Waals surface area (Å²) in [4.78, 5) is 27.2. The van der Waals surface area contributed by atoms with E-state index in [0.29, 0.717) is 29.0 Å². The number of rotatable bonds is 4. The minimum Gasteiger partial charge on any atom is -0.496 e. The highest BCUT2D eigenvalue weighted by Gasteiger charge is 2.36. The Balaban J connectivity index is 1.77. The zero-order valence-corrected chi connectivity index (χ0v) is 16.6. The lowest BCUT2D eigenvalue weighted by Gasteiger charge is -2.44. The van der Waals surface area contributed by atoms with Gasteiger partial charge in [-0.15, -0.1) is 0 Å². The average molecular weight is 373 g/mol. The van der Waals surface area contributed by atoms with Crippen molar-refractivity contribution in [1.82, 2.24) is 10.2 Å². The quantitative estimate of drug-likeness (QED) is 0.837. The van der Waals surface area contributed by atoms with Crippen molar-refractivity contribution in [3.05, 3.63) is 23.8 Å². The lowest BCUT2D eigenvalue weighted by atomic mass is 9.78. The fraction of sp³-hybridized carbons (Fsp3) is 0.619. The molecule has 1 saturated heterocycles. The third-order valence-corrected chi connectivity index (χ3v) is 5.61. The molecule has 27 heavy (non-hydrogen) atoms. The van der Waals surface area contributed by atoms with Crippen molar-refractivity contribution >= 4 is 17.6 Å². The van der Waals surface area contributed by atoms with Crippen LogP contribution in [0, 0.1) is 5.92 Å². The van der Waals surface area contributed by atoms with Crippen molar-refractivity contribution in [2.24, 2.45) is 5.92 Å². The molecule has 1 saturated carbocycles. The number of carbonyl (C=O) groups excluding carboxylic acids is 2. The minimum atomic E-state index is -0.271. The third kappa shape index (κ3) is 4.54. The average Bonchev–Trinajstić information content (AvgIpc) is 2.66. The number of methoxy groups -OCH3 is 1. The van der Waals surface area contributed by atoms with Gasteiger partial charge >= 0.3 is 6.03 Å². The van der Waals surface area contributed by atoms with E-state index < -0.39 is 0 Å². The van der Waals surface area contributed by atoms with Crippen LogP contribution < -0.4 is 15.4 Å². The van der Waals surface area contributed by atoms with Crippen LogP contribution in [0.25, 0.3) is 0 Å². The first kappa shape index (κ1) is 19.5. The SMILES string of the molecule is COc1cc(NC(=O)NC(C)C)ccc1C(=O)N1CCC[C@H]2CCCC[C@H]21. The van der Waals surface area contributed by atoms with E-state index in [4.69, 9.17) is 4.74 Å². The number of hydrogen-bond acceptors (Lipinski definition) is 3. The molecule has 6 nitrogen and oxygen atoms in total. The van der Waals surface area contributed by atoms with Gasteiger partial charge in [0.15, 0.2) is 0 Å². The summed E-state index contributed by atoms with van der Waals surface area (Å²) in [6.45, 7) is 4.62. The van der Waals surface area contributed by atoms with Crippen LogP contribution >= 0.6 is 0 Å². The fourth-order valence-corrected chi connectivity index (χ4v) is 4.41. The van der Waals surface area contributed by atoms with E-state index in [1.165, 1.54) is 25.7 Å². The second-order valence-corrected chi connectivity index (χ2v) is 7.92. The standard InChI is InChI=1S/C21H31N3O3/c1-14(2)22-21(26)23-16-10-11-17(19(13-16)27-3)20(25)24-12-6-8-15-7-4-5-9-18(15)24/h10-11,13-15,18H,4-9,12H2,1-3H3,(H2,22,23,26)/t15-,18-/m1/s1. The molecule has 1 heterocycles. The van der Waals surface area contributed by atoms with Crippen molar-refractivity contribution in [3.63, 3.8) is 0 Å². The van der Waals surface area contributed by atoms with Gasteiger partial charge in [0.1, 0.15) is 5.75 Å². The summed E-state index contributed by atoms with van der Waals surface area (Å²) in [6.07, 6.45) is 7.14. The highest BCUT2D eigenvalue weighted by molar-refractivity contribution is 5.98. The maximum atomic E-state index is 13.3. The summed E-state index contributed by atoms with van der Waals surface area (Å²) < 4.78 is 5.48. The number of nitrogens with zero attached hydrogens (tertiary/aromatic N) is 1. The van der Waals surface area contributed by atoms with Crippen LogP contribution in [0.2, 0.25) is 0 Å². The van der Waals surface area contributed by atoms with E-state index >= 15 is 0 Å². The number of likely N-dealkylation sites (tertiary alicyclic amines) is 1. The zero-order chi connectivity index (χ0) is 19.4. The lowest BCUT2D eigenvalue weighted by Crippen LogP contribution is -2.49. The topological polar surface area (TPSA) is 70.7 Å². The predicted octanol–water partition coefficient (Wildman–Crippen LogP) is 4.02. The number of hydrogen-bond donors (Lipinski definition) is 2. The van der Waals surface area contributed by atoms with E-state index in [-0.39, 0.29) is 18.0 Å². The number of carbonyl (C=O) groups is 2. The first-order valence-corrected chi connectivity index (χ1v) is 10.1. The Morgan fingerprint density at radius 2 is 1.89 bits per heavy atom.